The first kappa shape index (κ1) is 13.7. The fraction of sp³-hybridized carbons (Fsp3) is 0.143. The molecule has 0 radical (unpaired) electrons. The number of nitrogen functional groups attached to an aromatic ring is 1. The average Bonchev–Trinajstić information content (AvgIpc) is 2.42. The van der Waals surface area contributed by atoms with E-state index in [-0.39, 0.29) is 23.5 Å². The van der Waals surface area contributed by atoms with Gasteiger partial charge in [-0.25, -0.2) is 0 Å². The van der Waals surface area contributed by atoms with Gasteiger partial charge in [0.15, 0.2) is 5.75 Å². The van der Waals surface area contributed by atoms with Crippen LogP contribution < -0.4 is 21.8 Å². The highest BCUT2D eigenvalue weighted by Gasteiger charge is 2.12. The van der Waals surface area contributed by atoms with E-state index < -0.39 is 5.91 Å². The van der Waals surface area contributed by atoms with Crippen molar-refractivity contribution < 1.29 is 9.53 Å². The van der Waals surface area contributed by atoms with Gasteiger partial charge in [0.2, 0.25) is 0 Å². The number of benzene rings is 1. The van der Waals surface area contributed by atoms with Gasteiger partial charge in [0, 0.05) is 12.3 Å². The molecule has 2 aromatic rings. The molecule has 0 aliphatic rings. The zero-order valence-electron chi connectivity index (χ0n) is 10.8. The molecule has 0 unspecified atom stereocenters. The fourth-order valence-electron chi connectivity index (χ4n) is 1.80. The number of anilines is 1. The van der Waals surface area contributed by atoms with Crippen molar-refractivity contribution in [1.82, 2.24) is 4.57 Å². The summed E-state index contributed by atoms with van der Waals surface area (Å²) >= 11 is 0. The standard InChI is InChI=1S/C14H15N3O3/c15-11-5-3-4-10(14(16)19)13(11)20-9-8-17-7-2-1-6-12(17)18/h1-7H,8-9,15H2,(H2,16,19). The molecule has 0 bridgehead atoms. The lowest BCUT2D eigenvalue weighted by Crippen LogP contribution is -2.22. The van der Waals surface area contributed by atoms with Crippen molar-refractivity contribution in [3.05, 3.63) is 58.5 Å². The number of hydrogen-bond acceptors (Lipinski definition) is 4. The summed E-state index contributed by atoms with van der Waals surface area (Å²) in [6.07, 6.45) is 1.66. The maximum atomic E-state index is 11.5. The lowest BCUT2D eigenvalue weighted by Gasteiger charge is -2.12. The molecule has 0 saturated carbocycles. The van der Waals surface area contributed by atoms with E-state index in [0.717, 1.165) is 0 Å². The van der Waals surface area contributed by atoms with E-state index in [0.29, 0.717) is 12.2 Å². The molecular formula is C14H15N3O3. The van der Waals surface area contributed by atoms with Crippen LogP contribution in [-0.4, -0.2) is 17.1 Å². The van der Waals surface area contributed by atoms with E-state index >= 15 is 0 Å². The molecular weight excluding hydrogens is 258 g/mol. The number of para-hydroxylation sites is 1. The number of pyridine rings is 1. The first-order valence-electron chi connectivity index (χ1n) is 6.06. The van der Waals surface area contributed by atoms with E-state index in [1.165, 1.54) is 10.6 Å². The first-order chi connectivity index (χ1) is 9.59. The van der Waals surface area contributed by atoms with Crippen molar-refractivity contribution in [3.8, 4) is 5.75 Å². The van der Waals surface area contributed by atoms with Crippen molar-refractivity contribution >= 4 is 11.6 Å². The number of carbonyl (C=O) groups is 1. The molecule has 6 heteroatoms. The Kier molecular flexibility index (Phi) is 4.05. The topological polar surface area (TPSA) is 100 Å². The largest absolute Gasteiger partial charge is 0.489 e. The second-order valence-corrected chi connectivity index (χ2v) is 4.17. The Labute approximate surface area is 115 Å². The van der Waals surface area contributed by atoms with Crippen LogP contribution in [0.25, 0.3) is 0 Å². The number of rotatable bonds is 5. The highest BCUT2D eigenvalue weighted by molar-refractivity contribution is 5.97. The first-order valence-corrected chi connectivity index (χ1v) is 6.06. The highest BCUT2D eigenvalue weighted by Crippen LogP contribution is 2.25. The molecule has 1 amide bonds. The number of carbonyl (C=O) groups excluding carboxylic acids is 1. The third kappa shape index (κ3) is 2.97. The van der Waals surface area contributed by atoms with Crippen LogP contribution in [0.3, 0.4) is 0 Å². The Hall–Kier alpha value is -2.76. The zero-order chi connectivity index (χ0) is 14.5. The Morgan fingerprint density at radius 2 is 2.00 bits per heavy atom. The van der Waals surface area contributed by atoms with Crippen LogP contribution in [-0.2, 0) is 6.54 Å². The molecule has 0 saturated heterocycles. The smallest absolute Gasteiger partial charge is 0.252 e. The molecule has 0 aliphatic heterocycles. The number of nitrogens with zero attached hydrogens (tertiary/aromatic N) is 1. The average molecular weight is 273 g/mol. The molecule has 20 heavy (non-hydrogen) atoms. The number of ether oxygens (including phenoxy) is 1. The summed E-state index contributed by atoms with van der Waals surface area (Å²) in [6, 6.07) is 9.68. The third-order valence-corrected chi connectivity index (χ3v) is 2.79. The summed E-state index contributed by atoms with van der Waals surface area (Å²) in [5, 5.41) is 0. The number of hydrogen-bond donors (Lipinski definition) is 2. The summed E-state index contributed by atoms with van der Waals surface area (Å²) in [7, 11) is 0. The lowest BCUT2D eigenvalue weighted by atomic mass is 10.1. The van der Waals surface area contributed by atoms with Crippen LogP contribution in [0.2, 0.25) is 0 Å². The van der Waals surface area contributed by atoms with Crippen molar-refractivity contribution in [2.75, 3.05) is 12.3 Å². The second-order valence-electron chi connectivity index (χ2n) is 4.17. The summed E-state index contributed by atoms with van der Waals surface area (Å²) in [5.41, 5.74) is 11.5. The maximum Gasteiger partial charge on any atom is 0.252 e. The van der Waals surface area contributed by atoms with Crippen LogP contribution in [0, 0.1) is 0 Å². The van der Waals surface area contributed by atoms with Gasteiger partial charge in [0.25, 0.3) is 11.5 Å². The van der Waals surface area contributed by atoms with Crippen molar-refractivity contribution in [1.29, 1.82) is 0 Å². The summed E-state index contributed by atoms with van der Waals surface area (Å²) in [6.45, 7) is 0.560. The molecule has 4 N–H and O–H groups in total. The van der Waals surface area contributed by atoms with E-state index in [2.05, 4.69) is 0 Å². The van der Waals surface area contributed by atoms with Gasteiger partial charge in [0.05, 0.1) is 17.8 Å². The SMILES string of the molecule is NC(=O)c1cccc(N)c1OCCn1ccccc1=O. The normalized spacial score (nSPS) is 10.2. The van der Waals surface area contributed by atoms with Crippen LogP contribution in [0.4, 0.5) is 5.69 Å². The van der Waals surface area contributed by atoms with Gasteiger partial charge in [-0.3, -0.25) is 9.59 Å². The van der Waals surface area contributed by atoms with Crippen LogP contribution in [0.1, 0.15) is 10.4 Å². The van der Waals surface area contributed by atoms with E-state index in [1.807, 2.05) is 0 Å². The van der Waals surface area contributed by atoms with Gasteiger partial charge in [-0.05, 0) is 18.2 Å². The predicted octanol–water partition coefficient (Wildman–Crippen LogP) is 0.608. The maximum absolute atomic E-state index is 11.5. The monoisotopic (exact) mass is 273 g/mol. The van der Waals surface area contributed by atoms with Gasteiger partial charge in [-0.15, -0.1) is 0 Å². The molecule has 6 nitrogen and oxygen atoms in total. The fourth-order valence-corrected chi connectivity index (χ4v) is 1.80. The lowest BCUT2D eigenvalue weighted by molar-refractivity contribution is 0.0996. The van der Waals surface area contributed by atoms with Gasteiger partial charge in [0.1, 0.15) is 6.61 Å². The molecule has 0 aliphatic carbocycles. The minimum absolute atomic E-state index is 0.118. The van der Waals surface area contributed by atoms with E-state index in [4.69, 9.17) is 16.2 Å². The van der Waals surface area contributed by atoms with Crippen molar-refractivity contribution in [2.24, 2.45) is 5.73 Å². The van der Waals surface area contributed by atoms with Crippen LogP contribution in [0.5, 0.6) is 5.75 Å². The molecule has 1 aromatic heterocycles. The molecule has 0 fully saturated rings. The van der Waals surface area contributed by atoms with Crippen molar-refractivity contribution in [2.45, 2.75) is 6.54 Å². The molecule has 104 valence electrons. The second kappa shape index (κ2) is 5.92. The summed E-state index contributed by atoms with van der Waals surface area (Å²) < 4.78 is 7.01. The Balaban J connectivity index is 2.10. The number of nitrogens with two attached hydrogens (primary N) is 2. The Bertz CT molecular complexity index is 679. The van der Waals surface area contributed by atoms with Gasteiger partial charge < -0.3 is 20.8 Å². The van der Waals surface area contributed by atoms with Crippen LogP contribution in [0.15, 0.2) is 47.4 Å². The molecule has 1 heterocycles. The summed E-state index contributed by atoms with van der Waals surface area (Å²) in [5.74, 6) is -0.354. The zero-order valence-corrected chi connectivity index (χ0v) is 10.8. The highest BCUT2D eigenvalue weighted by atomic mass is 16.5. The van der Waals surface area contributed by atoms with Crippen molar-refractivity contribution in [3.63, 3.8) is 0 Å². The number of primary amides is 1. The Morgan fingerprint density at radius 1 is 1.20 bits per heavy atom. The minimum Gasteiger partial charge on any atom is -0.489 e. The van der Waals surface area contributed by atoms with Crippen LogP contribution >= 0.6 is 0 Å². The van der Waals surface area contributed by atoms with Gasteiger partial charge >= 0.3 is 0 Å². The molecule has 0 spiro atoms. The Morgan fingerprint density at radius 3 is 2.70 bits per heavy atom. The number of aromatic nitrogens is 1. The number of amides is 1. The van der Waals surface area contributed by atoms with Gasteiger partial charge in [-0.2, -0.15) is 0 Å². The predicted molar refractivity (Wildman–Crippen MR) is 75.6 cm³/mol. The molecule has 2 rings (SSSR count). The third-order valence-electron chi connectivity index (χ3n) is 2.79. The molecule has 0 atom stereocenters. The van der Waals surface area contributed by atoms with E-state index in [1.54, 1.807) is 36.5 Å². The quantitative estimate of drug-likeness (QED) is 0.779. The minimum atomic E-state index is -0.607. The summed E-state index contributed by atoms with van der Waals surface area (Å²) in [4.78, 5) is 22.8. The molecule has 1 aromatic carbocycles. The van der Waals surface area contributed by atoms with E-state index in [9.17, 15) is 9.59 Å². The van der Waals surface area contributed by atoms with Gasteiger partial charge in [-0.1, -0.05) is 12.1 Å².